The van der Waals surface area contributed by atoms with Gasteiger partial charge in [-0.3, -0.25) is 0 Å². The van der Waals surface area contributed by atoms with Crippen molar-refractivity contribution in [3.05, 3.63) is 41.3 Å². The lowest BCUT2D eigenvalue weighted by Gasteiger charge is -2.04. The monoisotopic (exact) mass is 264 g/mol. The van der Waals surface area contributed by atoms with Gasteiger partial charge in [0.15, 0.2) is 11.4 Å². The molecule has 1 unspecified atom stereocenters. The second-order valence-corrected chi connectivity index (χ2v) is 5.73. The Bertz CT molecular complexity index is 571. The molecule has 0 saturated carbocycles. The van der Waals surface area contributed by atoms with Crippen LogP contribution >= 0.6 is 11.8 Å². The molecule has 1 aromatic heterocycles. The molecule has 0 fully saturated rings. The summed E-state index contributed by atoms with van der Waals surface area (Å²) in [6, 6.07) is 5.02. The maximum atomic E-state index is 13.5. The van der Waals surface area contributed by atoms with Crippen molar-refractivity contribution in [3.8, 4) is 0 Å². The highest BCUT2D eigenvalue weighted by molar-refractivity contribution is 8.02. The Hall–Kier alpha value is -1.22. The van der Waals surface area contributed by atoms with Crippen molar-refractivity contribution in [3.63, 3.8) is 0 Å². The molecule has 0 saturated heterocycles. The minimum atomic E-state index is -0.305. The lowest BCUT2D eigenvalue weighted by molar-refractivity contribution is 0.560. The van der Waals surface area contributed by atoms with Crippen LogP contribution in [-0.2, 0) is 0 Å². The summed E-state index contributed by atoms with van der Waals surface area (Å²) < 4.78 is 18.8. The molecule has 1 atom stereocenters. The van der Waals surface area contributed by atoms with Gasteiger partial charge in [0.1, 0.15) is 0 Å². The van der Waals surface area contributed by atoms with Crippen molar-refractivity contribution in [2.45, 2.75) is 32.4 Å². The summed E-state index contributed by atoms with van der Waals surface area (Å²) in [5.41, 5.74) is 2.43. The number of hydrogen-bond acceptors (Lipinski definition) is 2. The van der Waals surface area contributed by atoms with Gasteiger partial charge in [-0.2, -0.15) is 0 Å². The molecular weight excluding hydrogens is 247 g/mol. The van der Waals surface area contributed by atoms with Gasteiger partial charge >= 0.3 is 0 Å². The molecule has 3 heteroatoms. The van der Waals surface area contributed by atoms with Crippen LogP contribution in [-0.4, -0.2) is 5.25 Å². The lowest BCUT2D eigenvalue weighted by atomic mass is 10.1. The second kappa shape index (κ2) is 5.61. The highest BCUT2D eigenvalue weighted by atomic mass is 32.2. The number of fused-ring (bicyclic) bond motifs is 1. The minimum Gasteiger partial charge on any atom is -0.461 e. The molecule has 0 radical (unpaired) electrons. The molecule has 0 aliphatic heterocycles. The van der Waals surface area contributed by atoms with Gasteiger partial charge in [0.25, 0.3) is 0 Å². The summed E-state index contributed by atoms with van der Waals surface area (Å²) >= 11 is 1.80. The third kappa shape index (κ3) is 2.61. The van der Waals surface area contributed by atoms with E-state index in [1.165, 1.54) is 6.07 Å². The molecular formula is C15H17FOS. The fourth-order valence-electron chi connectivity index (χ4n) is 1.71. The number of rotatable bonds is 4. The minimum absolute atomic E-state index is 0.305. The van der Waals surface area contributed by atoms with E-state index in [1.807, 2.05) is 13.0 Å². The van der Waals surface area contributed by atoms with Crippen molar-refractivity contribution >= 4 is 28.3 Å². The van der Waals surface area contributed by atoms with E-state index in [0.717, 1.165) is 22.9 Å². The number of halogens is 1. The summed E-state index contributed by atoms with van der Waals surface area (Å²) in [7, 11) is 0. The summed E-state index contributed by atoms with van der Waals surface area (Å²) in [6.07, 6.45) is 2.77. The van der Waals surface area contributed by atoms with Crippen molar-refractivity contribution in [1.82, 2.24) is 0 Å². The van der Waals surface area contributed by atoms with Crippen LogP contribution in [0.3, 0.4) is 0 Å². The average molecular weight is 264 g/mol. The van der Waals surface area contributed by atoms with Gasteiger partial charge in [-0.15, -0.1) is 11.8 Å². The van der Waals surface area contributed by atoms with Gasteiger partial charge in [-0.25, -0.2) is 4.39 Å². The van der Waals surface area contributed by atoms with Gasteiger partial charge in [-0.1, -0.05) is 26.0 Å². The first kappa shape index (κ1) is 13.2. The summed E-state index contributed by atoms with van der Waals surface area (Å²) in [5.74, 6) is -0.305. The number of benzene rings is 1. The Morgan fingerprint density at radius 2 is 2.28 bits per heavy atom. The molecule has 1 nitrogen and oxygen atoms in total. The molecule has 0 bridgehead atoms. The number of allylic oxidation sites excluding steroid dienone is 1. The van der Waals surface area contributed by atoms with Crippen molar-refractivity contribution in [1.29, 1.82) is 0 Å². The van der Waals surface area contributed by atoms with Crippen LogP contribution in [0.15, 0.2) is 34.3 Å². The molecule has 0 amide bonds. The van der Waals surface area contributed by atoms with Gasteiger partial charge in [-0.05, 0) is 30.4 Å². The standard InChI is InChI=1S/C15H17FOS/c1-4-11(3)18-9-10(2)13-8-17-15-12(13)6-5-7-14(15)16/h5-9,11H,4H2,1-3H3/b10-9+. The molecule has 2 rings (SSSR count). The number of hydrogen-bond donors (Lipinski definition) is 0. The maximum absolute atomic E-state index is 13.5. The average Bonchev–Trinajstić information content (AvgIpc) is 2.81. The van der Waals surface area contributed by atoms with Gasteiger partial charge < -0.3 is 4.42 Å². The number of furan rings is 1. The Labute approximate surface area is 111 Å². The van der Waals surface area contributed by atoms with E-state index in [4.69, 9.17) is 4.42 Å². The molecule has 0 aliphatic rings. The van der Waals surface area contributed by atoms with E-state index in [-0.39, 0.29) is 5.82 Å². The zero-order valence-corrected chi connectivity index (χ0v) is 11.7. The van der Waals surface area contributed by atoms with E-state index in [1.54, 1.807) is 24.1 Å². The van der Waals surface area contributed by atoms with Crippen LogP contribution in [0.2, 0.25) is 0 Å². The van der Waals surface area contributed by atoms with Gasteiger partial charge in [0, 0.05) is 16.2 Å². The molecule has 96 valence electrons. The van der Waals surface area contributed by atoms with Crippen LogP contribution < -0.4 is 0 Å². The zero-order chi connectivity index (χ0) is 13.1. The number of para-hydroxylation sites is 1. The first-order chi connectivity index (χ1) is 8.63. The van der Waals surface area contributed by atoms with Crippen molar-refractivity contribution < 1.29 is 8.81 Å². The Balaban J connectivity index is 2.34. The fraction of sp³-hybridized carbons (Fsp3) is 0.333. The third-order valence-electron chi connectivity index (χ3n) is 3.03. The quantitative estimate of drug-likeness (QED) is 0.727. The summed E-state index contributed by atoms with van der Waals surface area (Å²) in [4.78, 5) is 0. The van der Waals surface area contributed by atoms with E-state index in [2.05, 4.69) is 19.3 Å². The molecule has 0 N–H and O–H groups in total. The van der Waals surface area contributed by atoms with Crippen LogP contribution in [0.1, 0.15) is 32.8 Å². The molecule has 1 heterocycles. The molecule has 18 heavy (non-hydrogen) atoms. The molecule has 0 aliphatic carbocycles. The topological polar surface area (TPSA) is 13.1 Å². The van der Waals surface area contributed by atoms with Crippen LogP contribution in [0.4, 0.5) is 4.39 Å². The first-order valence-electron chi connectivity index (χ1n) is 6.11. The summed E-state index contributed by atoms with van der Waals surface area (Å²) in [6.45, 7) is 6.40. The Kier molecular flexibility index (Phi) is 4.12. The van der Waals surface area contributed by atoms with Crippen LogP contribution in [0.25, 0.3) is 16.5 Å². The maximum Gasteiger partial charge on any atom is 0.170 e. The predicted octanol–water partition coefficient (Wildman–Crippen LogP) is 5.46. The highest BCUT2D eigenvalue weighted by Crippen LogP contribution is 2.30. The van der Waals surface area contributed by atoms with Crippen LogP contribution in [0, 0.1) is 5.82 Å². The fourth-order valence-corrected chi connectivity index (χ4v) is 2.46. The predicted molar refractivity (Wildman–Crippen MR) is 77.2 cm³/mol. The first-order valence-corrected chi connectivity index (χ1v) is 7.06. The van der Waals surface area contributed by atoms with E-state index in [0.29, 0.717) is 10.8 Å². The second-order valence-electron chi connectivity index (χ2n) is 4.42. The highest BCUT2D eigenvalue weighted by Gasteiger charge is 2.10. The van der Waals surface area contributed by atoms with Gasteiger partial charge in [0.2, 0.25) is 0 Å². The van der Waals surface area contributed by atoms with E-state index >= 15 is 0 Å². The summed E-state index contributed by atoms with van der Waals surface area (Å²) in [5, 5.41) is 3.56. The van der Waals surface area contributed by atoms with E-state index < -0.39 is 0 Å². The van der Waals surface area contributed by atoms with E-state index in [9.17, 15) is 4.39 Å². The zero-order valence-electron chi connectivity index (χ0n) is 10.9. The Morgan fingerprint density at radius 1 is 1.50 bits per heavy atom. The molecule has 2 aromatic rings. The van der Waals surface area contributed by atoms with Crippen molar-refractivity contribution in [2.75, 3.05) is 0 Å². The number of thioether (sulfide) groups is 1. The normalized spacial score (nSPS) is 14.1. The lowest BCUT2D eigenvalue weighted by Crippen LogP contribution is -1.89. The van der Waals surface area contributed by atoms with Crippen molar-refractivity contribution in [2.24, 2.45) is 0 Å². The smallest absolute Gasteiger partial charge is 0.170 e. The third-order valence-corrected chi connectivity index (χ3v) is 4.32. The largest absolute Gasteiger partial charge is 0.461 e. The molecule has 1 aromatic carbocycles. The SMILES string of the molecule is CCC(C)S/C=C(\C)c1coc2c(F)cccc12. The van der Waals surface area contributed by atoms with Crippen LogP contribution in [0.5, 0.6) is 0 Å². The van der Waals surface area contributed by atoms with Gasteiger partial charge in [0.05, 0.1) is 6.26 Å². The Morgan fingerprint density at radius 3 is 3.00 bits per heavy atom. The molecule has 0 spiro atoms.